The molecule has 1 aliphatic carbocycles. The molecule has 0 atom stereocenters. The fourth-order valence-electron chi connectivity index (χ4n) is 7.01. The Morgan fingerprint density at radius 3 is 2.00 bits per heavy atom. The molecule has 0 radical (unpaired) electrons. The van der Waals surface area contributed by atoms with Gasteiger partial charge >= 0.3 is 0 Å². The second kappa shape index (κ2) is 9.16. The smallest absolute Gasteiger partial charge is 0.238 e. The van der Waals surface area contributed by atoms with Crippen LogP contribution in [0.3, 0.4) is 0 Å². The van der Waals surface area contributed by atoms with Crippen molar-refractivity contribution >= 4 is 32.7 Å². The van der Waals surface area contributed by atoms with Crippen molar-refractivity contribution in [1.29, 1.82) is 0 Å². The SMILES string of the molecule is CC1(C)c2cc3cccnc3cc2-c2ccc3c4ccccc4n(-c4nc(-c5ccccc5)nc(-c5ccccc5)n4)c3c21. The summed E-state index contributed by atoms with van der Waals surface area (Å²) in [5.74, 6) is 1.90. The lowest BCUT2D eigenvalue weighted by Crippen LogP contribution is -2.17. The van der Waals surface area contributed by atoms with E-state index < -0.39 is 0 Å². The summed E-state index contributed by atoms with van der Waals surface area (Å²) in [5, 5.41) is 3.51. The first kappa shape index (κ1) is 24.9. The summed E-state index contributed by atoms with van der Waals surface area (Å²) in [5.41, 5.74) is 9.89. The number of hydrogen-bond donors (Lipinski definition) is 0. The van der Waals surface area contributed by atoms with Crippen LogP contribution in [0.2, 0.25) is 0 Å². The van der Waals surface area contributed by atoms with Crippen LogP contribution in [-0.2, 0) is 5.41 Å². The molecule has 0 N–H and O–H groups in total. The zero-order valence-corrected chi connectivity index (χ0v) is 24.4. The van der Waals surface area contributed by atoms with Crippen molar-refractivity contribution < 1.29 is 0 Å². The van der Waals surface area contributed by atoms with Gasteiger partial charge in [-0.05, 0) is 46.5 Å². The zero-order valence-electron chi connectivity index (χ0n) is 24.4. The van der Waals surface area contributed by atoms with Crippen LogP contribution in [-0.4, -0.2) is 24.5 Å². The predicted octanol–water partition coefficient (Wildman–Crippen LogP) is 9.16. The van der Waals surface area contributed by atoms with E-state index in [0.717, 1.165) is 33.1 Å². The molecule has 3 aromatic heterocycles. The monoisotopic (exact) mass is 565 g/mol. The quantitative estimate of drug-likeness (QED) is 0.214. The van der Waals surface area contributed by atoms with Crippen LogP contribution >= 0.6 is 0 Å². The number of nitrogens with zero attached hydrogens (tertiary/aromatic N) is 5. The summed E-state index contributed by atoms with van der Waals surface area (Å²) >= 11 is 0. The largest absolute Gasteiger partial charge is 0.277 e. The van der Waals surface area contributed by atoms with E-state index >= 15 is 0 Å². The maximum atomic E-state index is 5.17. The van der Waals surface area contributed by atoms with Gasteiger partial charge in [0, 0.05) is 38.9 Å². The zero-order chi connectivity index (χ0) is 29.4. The topological polar surface area (TPSA) is 56.5 Å². The number of pyridine rings is 1. The third kappa shape index (κ3) is 3.53. The Hall–Kier alpha value is -5.68. The van der Waals surface area contributed by atoms with Crippen LogP contribution in [0.5, 0.6) is 0 Å². The number of benzene rings is 5. The molecule has 0 fully saturated rings. The van der Waals surface area contributed by atoms with Gasteiger partial charge in [-0.25, -0.2) is 4.98 Å². The van der Waals surface area contributed by atoms with Gasteiger partial charge in [0.15, 0.2) is 11.6 Å². The molecule has 9 rings (SSSR count). The van der Waals surface area contributed by atoms with E-state index in [-0.39, 0.29) is 5.41 Å². The Balaban J connectivity index is 1.40. The van der Waals surface area contributed by atoms with Crippen LogP contribution in [0.1, 0.15) is 25.0 Å². The minimum atomic E-state index is -0.266. The normalized spacial score (nSPS) is 13.4. The maximum Gasteiger partial charge on any atom is 0.238 e. The number of rotatable bonds is 3. The first-order valence-electron chi connectivity index (χ1n) is 14.9. The van der Waals surface area contributed by atoms with Crippen LogP contribution in [0.4, 0.5) is 0 Å². The van der Waals surface area contributed by atoms with Crippen LogP contribution in [0.15, 0.2) is 128 Å². The van der Waals surface area contributed by atoms with Crippen LogP contribution < -0.4 is 0 Å². The molecule has 0 spiro atoms. The van der Waals surface area contributed by atoms with E-state index in [1.807, 2.05) is 48.7 Å². The molecule has 1 aliphatic rings. The number of fused-ring (bicyclic) bond motifs is 8. The Bertz CT molecular complexity index is 2350. The van der Waals surface area contributed by atoms with Gasteiger partial charge in [0.25, 0.3) is 0 Å². The summed E-state index contributed by atoms with van der Waals surface area (Å²) in [6, 6.07) is 42.2. The van der Waals surface area contributed by atoms with Gasteiger partial charge in [0.2, 0.25) is 5.95 Å². The van der Waals surface area contributed by atoms with Crippen LogP contribution in [0, 0.1) is 0 Å². The van der Waals surface area contributed by atoms with Crippen molar-refractivity contribution in [2.45, 2.75) is 19.3 Å². The third-order valence-corrected chi connectivity index (χ3v) is 9.06. The molecule has 0 bridgehead atoms. The molecule has 0 aliphatic heterocycles. The third-order valence-electron chi connectivity index (χ3n) is 9.06. The van der Waals surface area contributed by atoms with Crippen molar-refractivity contribution in [3.8, 4) is 39.9 Å². The van der Waals surface area contributed by atoms with Gasteiger partial charge in [0.1, 0.15) is 0 Å². The van der Waals surface area contributed by atoms with Gasteiger partial charge in [-0.15, -0.1) is 0 Å². The molecular formula is C39H27N5. The molecule has 8 aromatic rings. The lowest BCUT2D eigenvalue weighted by atomic mass is 9.81. The number of para-hydroxylation sites is 1. The van der Waals surface area contributed by atoms with E-state index in [1.54, 1.807) is 0 Å². The fraction of sp³-hybridized carbons (Fsp3) is 0.0769. The van der Waals surface area contributed by atoms with Gasteiger partial charge in [-0.2, -0.15) is 9.97 Å². The summed E-state index contributed by atoms with van der Waals surface area (Å²) in [6.07, 6.45) is 1.87. The molecule has 0 amide bonds. The molecular weight excluding hydrogens is 538 g/mol. The second-order valence-electron chi connectivity index (χ2n) is 12.0. The highest BCUT2D eigenvalue weighted by molar-refractivity contribution is 6.13. The first-order chi connectivity index (χ1) is 21.6. The highest BCUT2D eigenvalue weighted by atomic mass is 15.2. The Kier molecular flexibility index (Phi) is 5.18. The van der Waals surface area contributed by atoms with Crippen molar-refractivity contribution in [1.82, 2.24) is 24.5 Å². The first-order valence-corrected chi connectivity index (χ1v) is 14.9. The summed E-state index contributed by atoms with van der Waals surface area (Å²) in [7, 11) is 0. The molecule has 0 saturated carbocycles. The molecule has 208 valence electrons. The molecule has 5 aromatic carbocycles. The van der Waals surface area contributed by atoms with E-state index in [1.165, 1.54) is 33.0 Å². The van der Waals surface area contributed by atoms with Crippen molar-refractivity contribution in [2.75, 3.05) is 0 Å². The fourth-order valence-corrected chi connectivity index (χ4v) is 7.01. The highest BCUT2D eigenvalue weighted by Gasteiger charge is 2.39. The molecule has 0 unspecified atom stereocenters. The average Bonchev–Trinajstić information content (AvgIpc) is 3.53. The Morgan fingerprint density at radius 1 is 0.591 bits per heavy atom. The van der Waals surface area contributed by atoms with Gasteiger partial charge in [0.05, 0.1) is 16.6 Å². The maximum absolute atomic E-state index is 5.17. The summed E-state index contributed by atoms with van der Waals surface area (Å²) in [4.78, 5) is 20.0. The van der Waals surface area contributed by atoms with Crippen molar-refractivity contribution in [3.63, 3.8) is 0 Å². The summed E-state index contributed by atoms with van der Waals surface area (Å²) in [6.45, 7) is 4.67. The van der Waals surface area contributed by atoms with E-state index in [2.05, 4.69) is 102 Å². The molecule has 0 saturated heterocycles. The predicted molar refractivity (Wildman–Crippen MR) is 178 cm³/mol. The number of aromatic nitrogens is 5. The van der Waals surface area contributed by atoms with E-state index in [4.69, 9.17) is 15.0 Å². The summed E-state index contributed by atoms with van der Waals surface area (Å²) < 4.78 is 2.26. The lowest BCUT2D eigenvalue weighted by molar-refractivity contribution is 0.664. The molecule has 5 nitrogen and oxygen atoms in total. The van der Waals surface area contributed by atoms with E-state index in [0.29, 0.717) is 17.6 Å². The Morgan fingerprint density at radius 2 is 1.27 bits per heavy atom. The molecule has 5 heteroatoms. The van der Waals surface area contributed by atoms with Gasteiger partial charge < -0.3 is 0 Å². The Labute approximate surface area is 254 Å². The lowest BCUT2D eigenvalue weighted by Gasteiger charge is -2.23. The minimum absolute atomic E-state index is 0.266. The highest BCUT2D eigenvalue weighted by Crippen LogP contribution is 2.53. The van der Waals surface area contributed by atoms with Crippen LogP contribution in [0.25, 0.3) is 72.6 Å². The van der Waals surface area contributed by atoms with E-state index in [9.17, 15) is 0 Å². The van der Waals surface area contributed by atoms with Gasteiger partial charge in [-0.1, -0.05) is 111 Å². The van der Waals surface area contributed by atoms with Gasteiger partial charge in [-0.3, -0.25) is 9.55 Å². The molecule has 44 heavy (non-hydrogen) atoms. The van der Waals surface area contributed by atoms with Crippen molar-refractivity contribution in [2.24, 2.45) is 0 Å². The number of hydrogen-bond acceptors (Lipinski definition) is 4. The second-order valence-corrected chi connectivity index (χ2v) is 12.0. The average molecular weight is 566 g/mol. The minimum Gasteiger partial charge on any atom is -0.277 e. The molecule has 3 heterocycles. The standard InChI is InChI=1S/C39H27N5/c1-39(2)31-22-26-16-11-21-40-32(26)23-30(31)28-19-20-29-27-17-9-10-18-33(27)44(35(29)34(28)39)38-42-36(24-12-5-3-6-13-24)41-37(43-38)25-14-7-4-8-15-25/h3-23H,1-2H3. The van der Waals surface area contributed by atoms with Crippen molar-refractivity contribution in [3.05, 3.63) is 139 Å².